The van der Waals surface area contributed by atoms with Gasteiger partial charge < -0.3 is 10.5 Å². The van der Waals surface area contributed by atoms with E-state index in [1.165, 1.54) is 11.1 Å². The summed E-state index contributed by atoms with van der Waals surface area (Å²) in [6, 6.07) is 14.1. The Bertz CT molecular complexity index is 529. The first-order valence-corrected chi connectivity index (χ1v) is 6.17. The van der Waals surface area contributed by atoms with Crippen LogP contribution in [-0.2, 0) is 0 Å². The van der Waals surface area contributed by atoms with Crippen LogP contribution in [0.2, 0.25) is 0 Å². The Morgan fingerprint density at radius 1 is 0.889 bits per heavy atom. The number of ether oxygens (including phenoxy) is 1. The van der Waals surface area contributed by atoms with Crippen molar-refractivity contribution in [2.75, 3.05) is 0 Å². The van der Waals surface area contributed by atoms with Gasteiger partial charge >= 0.3 is 0 Å². The van der Waals surface area contributed by atoms with Crippen LogP contribution in [0.4, 0.5) is 0 Å². The van der Waals surface area contributed by atoms with Crippen molar-refractivity contribution in [2.24, 2.45) is 5.73 Å². The molecule has 2 rings (SSSR count). The molecule has 0 aliphatic carbocycles. The fourth-order valence-corrected chi connectivity index (χ4v) is 1.75. The van der Waals surface area contributed by atoms with Gasteiger partial charge in [-0.25, -0.2) is 0 Å². The molecule has 0 radical (unpaired) electrons. The van der Waals surface area contributed by atoms with Gasteiger partial charge in [0.05, 0.1) is 0 Å². The predicted octanol–water partition coefficient (Wildman–Crippen LogP) is 4.12. The molecule has 0 spiro atoms. The number of aryl methyl sites for hydroxylation is 2. The summed E-state index contributed by atoms with van der Waals surface area (Å²) in [7, 11) is 0. The van der Waals surface area contributed by atoms with Crippen LogP contribution in [0, 0.1) is 13.8 Å². The van der Waals surface area contributed by atoms with Gasteiger partial charge in [0, 0.05) is 6.04 Å². The lowest BCUT2D eigenvalue weighted by molar-refractivity contribution is 0.481. The molecule has 0 aromatic heterocycles. The molecule has 1 atom stereocenters. The molecule has 2 N–H and O–H groups in total. The Balaban J connectivity index is 2.15. The highest BCUT2D eigenvalue weighted by molar-refractivity contribution is 5.38. The molecule has 0 saturated carbocycles. The standard InChI is InChI=1S/C16H19NO/c1-11-4-7-16(10-12(11)2)18-15-8-5-14(6-9-15)13(3)17/h4-10,13H,17H2,1-3H3. The molecule has 0 saturated heterocycles. The van der Waals surface area contributed by atoms with Gasteiger partial charge in [0.25, 0.3) is 0 Å². The van der Waals surface area contributed by atoms with Crippen molar-refractivity contribution in [3.63, 3.8) is 0 Å². The molecule has 0 amide bonds. The Labute approximate surface area is 108 Å². The monoisotopic (exact) mass is 241 g/mol. The van der Waals surface area contributed by atoms with Gasteiger partial charge in [0.1, 0.15) is 11.5 Å². The third kappa shape index (κ3) is 2.90. The summed E-state index contributed by atoms with van der Waals surface area (Å²) >= 11 is 0. The molecule has 2 aromatic carbocycles. The molecule has 2 aromatic rings. The smallest absolute Gasteiger partial charge is 0.127 e. The minimum absolute atomic E-state index is 0.0562. The topological polar surface area (TPSA) is 35.2 Å². The first-order valence-electron chi connectivity index (χ1n) is 6.17. The van der Waals surface area contributed by atoms with Gasteiger partial charge in [-0.3, -0.25) is 0 Å². The molecule has 1 unspecified atom stereocenters. The molecule has 2 nitrogen and oxygen atoms in total. The summed E-state index contributed by atoms with van der Waals surface area (Å²) in [4.78, 5) is 0. The van der Waals surface area contributed by atoms with Gasteiger partial charge in [0.2, 0.25) is 0 Å². The highest BCUT2D eigenvalue weighted by Crippen LogP contribution is 2.24. The van der Waals surface area contributed by atoms with E-state index in [1.807, 2.05) is 37.3 Å². The third-order valence-corrected chi connectivity index (χ3v) is 3.12. The van der Waals surface area contributed by atoms with Gasteiger partial charge in [-0.05, 0) is 61.7 Å². The summed E-state index contributed by atoms with van der Waals surface area (Å²) in [5.41, 5.74) is 9.43. The molecule has 0 heterocycles. The first kappa shape index (κ1) is 12.7. The van der Waals surface area contributed by atoms with Crippen LogP contribution in [0.1, 0.15) is 29.7 Å². The number of benzene rings is 2. The van der Waals surface area contributed by atoms with E-state index in [0.717, 1.165) is 17.1 Å². The quantitative estimate of drug-likeness (QED) is 0.877. The third-order valence-electron chi connectivity index (χ3n) is 3.12. The summed E-state index contributed by atoms with van der Waals surface area (Å²) < 4.78 is 5.81. The van der Waals surface area contributed by atoms with E-state index in [4.69, 9.17) is 10.5 Å². The normalized spacial score (nSPS) is 12.2. The van der Waals surface area contributed by atoms with Crippen molar-refractivity contribution in [3.8, 4) is 11.5 Å². The zero-order chi connectivity index (χ0) is 13.1. The van der Waals surface area contributed by atoms with Gasteiger partial charge in [-0.1, -0.05) is 18.2 Å². The second-order valence-electron chi connectivity index (χ2n) is 4.71. The zero-order valence-electron chi connectivity index (χ0n) is 11.1. The molecule has 0 aliphatic heterocycles. The number of rotatable bonds is 3. The van der Waals surface area contributed by atoms with Gasteiger partial charge in [0.15, 0.2) is 0 Å². The fraction of sp³-hybridized carbons (Fsp3) is 0.250. The molecule has 0 bridgehead atoms. The number of hydrogen-bond acceptors (Lipinski definition) is 2. The molecular weight excluding hydrogens is 222 g/mol. The second-order valence-corrected chi connectivity index (χ2v) is 4.71. The lowest BCUT2D eigenvalue weighted by atomic mass is 10.1. The average molecular weight is 241 g/mol. The van der Waals surface area contributed by atoms with Crippen LogP contribution in [-0.4, -0.2) is 0 Å². The van der Waals surface area contributed by atoms with Crippen LogP contribution in [0.3, 0.4) is 0 Å². The molecular formula is C16H19NO. The Kier molecular flexibility index (Phi) is 3.68. The van der Waals surface area contributed by atoms with Gasteiger partial charge in [-0.15, -0.1) is 0 Å². The zero-order valence-corrected chi connectivity index (χ0v) is 11.1. The van der Waals surface area contributed by atoms with E-state index in [9.17, 15) is 0 Å². The van der Waals surface area contributed by atoms with Crippen LogP contribution in [0.15, 0.2) is 42.5 Å². The van der Waals surface area contributed by atoms with Crippen LogP contribution in [0.25, 0.3) is 0 Å². The number of nitrogens with two attached hydrogens (primary N) is 1. The van der Waals surface area contributed by atoms with E-state index in [-0.39, 0.29) is 6.04 Å². The highest BCUT2D eigenvalue weighted by atomic mass is 16.5. The van der Waals surface area contributed by atoms with Crippen LogP contribution >= 0.6 is 0 Å². The SMILES string of the molecule is Cc1ccc(Oc2ccc(C(C)N)cc2)cc1C. The maximum atomic E-state index is 5.81. The molecule has 2 heteroatoms. The maximum absolute atomic E-state index is 5.81. The van der Waals surface area contributed by atoms with E-state index in [2.05, 4.69) is 26.0 Å². The Hall–Kier alpha value is -1.80. The fourth-order valence-electron chi connectivity index (χ4n) is 1.75. The van der Waals surface area contributed by atoms with Crippen molar-refractivity contribution in [3.05, 3.63) is 59.2 Å². The summed E-state index contributed by atoms with van der Waals surface area (Å²) in [6.45, 7) is 6.15. The molecule has 94 valence electrons. The van der Waals surface area contributed by atoms with Crippen molar-refractivity contribution in [1.29, 1.82) is 0 Å². The Morgan fingerprint density at radius 2 is 1.50 bits per heavy atom. The maximum Gasteiger partial charge on any atom is 0.127 e. The van der Waals surface area contributed by atoms with E-state index in [1.54, 1.807) is 0 Å². The predicted molar refractivity (Wildman–Crippen MR) is 75.0 cm³/mol. The van der Waals surface area contributed by atoms with E-state index < -0.39 is 0 Å². The van der Waals surface area contributed by atoms with Crippen molar-refractivity contribution < 1.29 is 4.74 Å². The first-order chi connectivity index (χ1) is 8.56. The van der Waals surface area contributed by atoms with Gasteiger partial charge in [-0.2, -0.15) is 0 Å². The summed E-state index contributed by atoms with van der Waals surface area (Å²) in [5.74, 6) is 1.70. The lowest BCUT2D eigenvalue weighted by Gasteiger charge is -2.10. The number of hydrogen-bond donors (Lipinski definition) is 1. The largest absolute Gasteiger partial charge is 0.457 e. The lowest BCUT2D eigenvalue weighted by Crippen LogP contribution is -2.04. The minimum Gasteiger partial charge on any atom is -0.457 e. The minimum atomic E-state index is 0.0562. The molecule has 0 fully saturated rings. The Morgan fingerprint density at radius 3 is 2.06 bits per heavy atom. The molecule has 0 aliphatic rings. The van der Waals surface area contributed by atoms with E-state index >= 15 is 0 Å². The molecule has 18 heavy (non-hydrogen) atoms. The highest BCUT2D eigenvalue weighted by Gasteiger charge is 2.02. The van der Waals surface area contributed by atoms with Crippen molar-refractivity contribution in [1.82, 2.24) is 0 Å². The summed E-state index contributed by atoms with van der Waals surface area (Å²) in [5, 5.41) is 0. The van der Waals surface area contributed by atoms with Crippen LogP contribution < -0.4 is 10.5 Å². The average Bonchev–Trinajstić information content (AvgIpc) is 2.34. The summed E-state index contributed by atoms with van der Waals surface area (Å²) in [6.07, 6.45) is 0. The van der Waals surface area contributed by atoms with Crippen molar-refractivity contribution in [2.45, 2.75) is 26.8 Å². The second kappa shape index (κ2) is 5.23. The van der Waals surface area contributed by atoms with Crippen molar-refractivity contribution >= 4 is 0 Å². The van der Waals surface area contributed by atoms with E-state index in [0.29, 0.717) is 0 Å². The van der Waals surface area contributed by atoms with Crippen LogP contribution in [0.5, 0.6) is 11.5 Å².